The molecule has 1 aromatic heterocycles. The van der Waals surface area contributed by atoms with Crippen LogP contribution in [0.1, 0.15) is 18.9 Å². The van der Waals surface area contributed by atoms with Gasteiger partial charge in [-0.15, -0.1) is 15.0 Å². The van der Waals surface area contributed by atoms with Crippen molar-refractivity contribution in [3.8, 4) is 11.4 Å². The van der Waals surface area contributed by atoms with Gasteiger partial charge in [-0.2, -0.15) is 0 Å². The van der Waals surface area contributed by atoms with E-state index in [9.17, 15) is 0 Å². The topological polar surface area (TPSA) is 39.9 Å². The molecule has 4 heteroatoms. The Morgan fingerprint density at radius 2 is 1.75 bits per heavy atom. The first-order chi connectivity index (χ1) is 9.78. The lowest BCUT2D eigenvalue weighted by atomic mass is 10.2. The second-order valence-electron chi connectivity index (χ2n) is 4.80. The number of nitrogens with zero attached hydrogens (tertiary/aromatic N) is 3. The summed E-state index contributed by atoms with van der Waals surface area (Å²) in [6.07, 6.45) is 0.974. The van der Waals surface area contributed by atoms with Crippen LogP contribution in [0.2, 0.25) is 0 Å². The molecule has 0 unspecified atom stereocenters. The molecule has 2 aromatic carbocycles. The van der Waals surface area contributed by atoms with Crippen molar-refractivity contribution < 1.29 is 4.74 Å². The van der Waals surface area contributed by atoms with Crippen molar-refractivity contribution in [3.05, 3.63) is 48.0 Å². The van der Waals surface area contributed by atoms with Crippen LogP contribution in [0.25, 0.3) is 16.7 Å². The lowest BCUT2D eigenvalue weighted by molar-refractivity contribution is 0.315. The summed E-state index contributed by atoms with van der Waals surface area (Å²) in [7, 11) is 0. The molecule has 0 saturated heterocycles. The van der Waals surface area contributed by atoms with Crippen LogP contribution in [-0.4, -0.2) is 21.6 Å². The molecule has 0 aliphatic heterocycles. The Morgan fingerprint density at radius 1 is 1.05 bits per heavy atom. The van der Waals surface area contributed by atoms with Crippen molar-refractivity contribution in [3.63, 3.8) is 0 Å². The molecule has 0 fully saturated rings. The maximum atomic E-state index is 5.79. The Hall–Kier alpha value is -2.36. The zero-order valence-corrected chi connectivity index (χ0v) is 11.7. The summed E-state index contributed by atoms with van der Waals surface area (Å²) < 4.78 is 5.79. The third kappa shape index (κ3) is 2.37. The normalized spacial score (nSPS) is 10.9. The van der Waals surface area contributed by atoms with Crippen LogP contribution in [-0.2, 0) is 0 Å². The molecule has 0 N–H and O–H groups in total. The Kier molecular flexibility index (Phi) is 3.37. The van der Waals surface area contributed by atoms with E-state index in [1.54, 1.807) is 4.80 Å². The molecule has 0 saturated carbocycles. The number of aromatic nitrogens is 3. The Balaban J connectivity index is 2.09. The lowest BCUT2D eigenvalue weighted by Crippen LogP contribution is -2.04. The quantitative estimate of drug-likeness (QED) is 0.726. The van der Waals surface area contributed by atoms with E-state index in [-0.39, 0.29) is 0 Å². The molecule has 0 aliphatic carbocycles. The van der Waals surface area contributed by atoms with Gasteiger partial charge in [-0.1, -0.05) is 25.1 Å². The Bertz CT molecular complexity index is 700. The van der Waals surface area contributed by atoms with Gasteiger partial charge in [0.1, 0.15) is 22.5 Å². The third-order valence-electron chi connectivity index (χ3n) is 3.08. The molecule has 3 aromatic rings. The van der Waals surface area contributed by atoms with Gasteiger partial charge in [0, 0.05) is 0 Å². The SMILES string of the molecule is CCCOc1ccc(C)cc1-n1nc2ccccc2n1. The van der Waals surface area contributed by atoms with Gasteiger partial charge in [0.2, 0.25) is 0 Å². The highest BCUT2D eigenvalue weighted by Gasteiger charge is 2.10. The zero-order valence-electron chi connectivity index (χ0n) is 11.7. The van der Waals surface area contributed by atoms with Crippen LogP contribution < -0.4 is 4.74 Å². The molecule has 0 bridgehead atoms. The number of ether oxygens (including phenoxy) is 1. The molecule has 3 rings (SSSR count). The van der Waals surface area contributed by atoms with Gasteiger partial charge in [-0.3, -0.25) is 0 Å². The van der Waals surface area contributed by atoms with E-state index in [4.69, 9.17) is 4.74 Å². The molecule has 0 amide bonds. The summed E-state index contributed by atoms with van der Waals surface area (Å²) >= 11 is 0. The zero-order chi connectivity index (χ0) is 13.9. The van der Waals surface area contributed by atoms with Gasteiger partial charge in [-0.25, -0.2) is 0 Å². The van der Waals surface area contributed by atoms with Gasteiger partial charge in [0.25, 0.3) is 0 Å². The van der Waals surface area contributed by atoms with Crippen molar-refractivity contribution >= 4 is 11.0 Å². The van der Waals surface area contributed by atoms with Crippen LogP contribution in [0, 0.1) is 6.92 Å². The number of aryl methyl sites for hydroxylation is 1. The third-order valence-corrected chi connectivity index (χ3v) is 3.08. The van der Waals surface area contributed by atoms with E-state index in [1.165, 1.54) is 0 Å². The molecule has 0 atom stereocenters. The van der Waals surface area contributed by atoms with Crippen molar-refractivity contribution in [1.29, 1.82) is 0 Å². The number of hydrogen-bond donors (Lipinski definition) is 0. The minimum Gasteiger partial charge on any atom is -0.491 e. The van der Waals surface area contributed by atoms with Crippen LogP contribution in [0.3, 0.4) is 0 Å². The van der Waals surface area contributed by atoms with E-state index >= 15 is 0 Å². The summed E-state index contributed by atoms with van der Waals surface area (Å²) in [5.41, 5.74) is 3.81. The highest BCUT2D eigenvalue weighted by molar-refractivity contribution is 5.73. The molecule has 1 heterocycles. The predicted molar refractivity (Wildman–Crippen MR) is 79.4 cm³/mol. The molecule has 0 radical (unpaired) electrons. The van der Waals surface area contributed by atoms with E-state index in [1.807, 2.05) is 42.5 Å². The van der Waals surface area contributed by atoms with E-state index in [2.05, 4.69) is 24.0 Å². The Morgan fingerprint density at radius 3 is 2.40 bits per heavy atom. The largest absolute Gasteiger partial charge is 0.491 e. The molecule has 0 aliphatic rings. The minimum atomic E-state index is 0.691. The maximum absolute atomic E-state index is 5.79. The highest BCUT2D eigenvalue weighted by Crippen LogP contribution is 2.24. The Labute approximate surface area is 118 Å². The average molecular weight is 267 g/mol. The van der Waals surface area contributed by atoms with Gasteiger partial charge in [-0.05, 0) is 43.2 Å². The van der Waals surface area contributed by atoms with Crippen molar-refractivity contribution in [2.24, 2.45) is 0 Å². The second kappa shape index (κ2) is 5.33. The van der Waals surface area contributed by atoms with Gasteiger partial charge < -0.3 is 4.74 Å². The highest BCUT2D eigenvalue weighted by atomic mass is 16.5. The summed E-state index contributed by atoms with van der Waals surface area (Å²) in [4.78, 5) is 1.66. The summed E-state index contributed by atoms with van der Waals surface area (Å²) in [6.45, 7) is 4.83. The smallest absolute Gasteiger partial charge is 0.146 e. The number of fused-ring (bicyclic) bond motifs is 1. The monoisotopic (exact) mass is 267 g/mol. The summed E-state index contributed by atoms with van der Waals surface area (Å²) in [5, 5.41) is 9.04. The van der Waals surface area contributed by atoms with Gasteiger partial charge in [0.05, 0.1) is 6.61 Å². The second-order valence-corrected chi connectivity index (χ2v) is 4.80. The van der Waals surface area contributed by atoms with Crippen LogP contribution >= 0.6 is 0 Å². The first kappa shape index (κ1) is 12.7. The van der Waals surface area contributed by atoms with Gasteiger partial charge >= 0.3 is 0 Å². The van der Waals surface area contributed by atoms with E-state index in [0.29, 0.717) is 6.61 Å². The van der Waals surface area contributed by atoms with Crippen LogP contribution in [0.4, 0.5) is 0 Å². The molecule has 102 valence electrons. The van der Waals surface area contributed by atoms with Crippen molar-refractivity contribution in [2.45, 2.75) is 20.3 Å². The first-order valence-electron chi connectivity index (χ1n) is 6.84. The van der Waals surface area contributed by atoms with Crippen LogP contribution in [0.5, 0.6) is 5.75 Å². The van der Waals surface area contributed by atoms with Crippen molar-refractivity contribution in [2.75, 3.05) is 6.61 Å². The van der Waals surface area contributed by atoms with Crippen molar-refractivity contribution in [1.82, 2.24) is 15.0 Å². The van der Waals surface area contributed by atoms with Crippen LogP contribution in [0.15, 0.2) is 42.5 Å². The minimum absolute atomic E-state index is 0.691. The fourth-order valence-corrected chi connectivity index (χ4v) is 2.09. The lowest BCUT2D eigenvalue weighted by Gasteiger charge is -2.10. The van der Waals surface area contributed by atoms with Gasteiger partial charge in [0.15, 0.2) is 0 Å². The van der Waals surface area contributed by atoms with E-state index in [0.717, 1.165) is 34.5 Å². The fourth-order valence-electron chi connectivity index (χ4n) is 2.09. The summed E-state index contributed by atoms with van der Waals surface area (Å²) in [5.74, 6) is 0.817. The molecular weight excluding hydrogens is 250 g/mol. The molecule has 4 nitrogen and oxygen atoms in total. The maximum Gasteiger partial charge on any atom is 0.146 e. The number of benzene rings is 2. The molecular formula is C16H17N3O. The number of rotatable bonds is 4. The first-order valence-corrected chi connectivity index (χ1v) is 6.84. The average Bonchev–Trinajstić information content (AvgIpc) is 2.89. The number of hydrogen-bond acceptors (Lipinski definition) is 3. The predicted octanol–water partition coefficient (Wildman–Crippen LogP) is 3.52. The summed E-state index contributed by atoms with van der Waals surface area (Å²) in [6, 6.07) is 13.9. The van der Waals surface area contributed by atoms with E-state index < -0.39 is 0 Å². The fraction of sp³-hybridized carbons (Fsp3) is 0.250. The molecule has 0 spiro atoms. The standard InChI is InChI=1S/C16H17N3O/c1-3-10-20-16-9-8-12(2)11-15(16)19-17-13-6-4-5-7-14(13)18-19/h4-9,11H,3,10H2,1-2H3. The molecule has 20 heavy (non-hydrogen) atoms.